The van der Waals surface area contributed by atoms with Crippen LogP contribution in [0, 0.1) is 5.95 Å². The SMILES string of the molecule is CCc1cc(OC[C@H]2CCN2C)c(OC[C@H]2CCN2C)nc1F. The van der Waals surface area contributed by atoms with Gasteiger partial charge in [-0.15, -0.1) is 0 Å². The van der Waals surface area contributed by atoms with Gasteiger partial charge in [0.25, 0.3) is 5.88 Å². The minimum absolute atomic E-state index is 0.280. The molecule has 2 saturated heterocycles. The lowest BCUT2D eigenvalue weighted by Crippen LogP contribution is -2.48. The Morgan fingerprint density at radius 2 is 1.74 bits per heavy atom. The van der Waals surface area contributed by atoms with E-state index >= 15 is 0 Å². The molecule has 0 spiro atoms. The fourth-order valence-corrected chi connectivity index (χ4v) is 2.87. The topological polar surface area (TPSA) is 37.8 Å². The molecular weight excluding hydrogens is 297 g/mol. The molecule has 1 aromatic heterocycles. The molecule has 2 aliphatic rings. The molecule has 3 rings (SSSR count). The third kappa shape index (κ3) is 3.58. The van der Waals surface area contributed by atoms with Crippen molar-refractivity contribution in [2.24, 2.45) is 0 Å². The van der Waals surface area contributed by atoms with Gasteiger partial charge in [0, 0.05) is 17.6 Å². The van der Waals surface area contributed by atoms with E-state index in [0.717, 1.165) is 25.9 Å². The van der Waals surface area contributed by atoms with Gasteiger partial charge in [0.1, 0.15) is 13.2 Å². The molecule has 2 atom stereocenters. The summed E-state index contributed by atoms with van der Waals surface area (Å²) in [6, 6.07) is 2.55. The van der Waals surface area contributed by atoms with Crippen LogP contribution in [0.4, 0.5) is 4.39 Å². The first-order chi connectivity index (χ1) is 11.1. The molecule has 128 valence electrons. The number of hydrogen-bond donors (Lipinski definition) is 0. The van der Waals surface area contributed by atoms with Gasteiger partial charge in [-0.3, -0.25) is 9.80 Å². The van der Waals surface area contributed by atoms with Crippen molar-refractivity contribution >= 4 is 0 Å². The lowest BCUT2D eigenvalue weighted by Gasteiger charge is -2.38. The van der Waals surface area contributed by atoms with E-state index < -0.39 is 5.95 Å². The van der Waals surface area contributed by atoms with Crippen LogP contribution >= 0.6 is 0 Å². The van der Waals surface area contributed by atoms with Crippen molar-refractivity contribution < 1.29 is 13.9 Å². The fourth-order valence-electron chi connectivity index (χ4n) is 2.87. The number of likely N-dealkylation sites (tertiary alicyclic amines) is 2. The highest BCUT2D eigenvalue weighted by molar-refractivity contribution is 5.37. The predicted molar refractivity (Wildman–Crippen MR) is 86.6 cm³/mol. The van der Waals surface area contributed by atoms with Crippen LogP contribution in [0.5, 0.6) is 11.6 Å². The maximum Gasteiger partial charge on any atom is 0.259 e. The van der Waals surface area contributed by atoms with Gasteiger partial charge in [0.15, 0.2) is 5.75 Å². The summed E-state index contributed by atoms with van der Waals surface area (Å²) in [6.45, 7) is 5.21. The molecule has 5 nitrogen and oxygen atoms in total. The zero-order chi connectivity index (χ0) is 16.4. The summed E-state index contributed by atoms with van der Waals surface area (Å²) in [4.78, 5) is 8.47. The molecule has 0 amide bonds. The van der Waals surface area contributed by atoms with Crippen molar-refractivity contribution in [3.05, 3.63) is 17.6 Å². The smallest absolute Gasteiger partial charge is 0.259 e. The highest BCUT2D eigenvalue weighted by Gasteiger charge is 2.27. The summed E-state index contributed by atoms with van der Waals surface area (Å²) in [6.07, 6.45) is 2.83. The van der Waals surface area contributed by atoms with E-state index in [2.05, 4.69) is 28.9 Å². The Balaban J connectivity index is 1.68. The number of aromatic nitrogens is 1. The summed E-state index contributed by atoms with van der Waals surface area (Å²) in [5.41, 5.74) is 0.565. The number of halogens is 1. The molecule has 0 aromatic carbocycles. The number of rotatable bonds is 7. The third-order valence-corrected chi connectivity index (χ3v) is 5.08. The van der Waals surface area contributed by atoms with E-state index in [0.29, 0.717) is 43.0 Å². The molecule has 23 heavy (non-hydrogen) atoms. The monoisotopic (exact) mass is 323 g/mol. The fraction of sp³-hybridized carbons (Fsp3) is 0.706. The minimum Gasteiger partial charge on any atom is -0.486 e. The second-order valence-electron chi connectivity index (χ2n) is 6.56. The van der Waals surface area contributed by atoms with Crippen molar-refractivity contribution in [2.45, 2.75) is 38.3 Å². The lowest BCUT2D eigenvalue weighted by molar-refractivity contribution is 0.0641. The van der Waals surface area contributed by atoms with E-state index in [1.54, 1.807) is 6.07 Å². The quantitative estimate of drug-likeness (QED) is 0.717. The number of pyridine rings is 1. The highest BCUT2D eigenvalue weighted by atomic mass is 19.1. The van der Waals surface area contributed by atoms with Gasteiger partial charge < -0.3 is 9.47 Å². The Bertz CT molecular complexity index is 555. The molecule has 0 unspecified atom stereocenters. The molecular formula is C17H26FN3O2. The number of likely N-dealkylation sites (N-methyl/N-ethyl adjacent to an activating group) is 2. The van der Waals surface area contributed by atoms with Crippen LogP contribution in [0.15, 0.2) is 6.07 Å². The second-order valence-corrected chi connectivity index (χ2v) is 6.56. The first kappa shape index (κ1) is 16.5. The first-order valence-corrected chi connectivity index (χ1v) is 8.44. The number of nitrogens with zero attached hydrogens (tertiary/aromatic N) is 3. The molecule has 3 heterocycles. The second kappa shape index (κ2) is 7.01. The van der Waals surface area contributed by atoms with Crippen molar-refractivity contribution in [1.82, 2.24) is 14.8 Å². The summed E-state index contributed by atoms with van der Waals surface area (Å²) in [7, 11) is 4.15. The number of hydrogen-bond acceptors (Lipinski definition) is 5. The summed E-state index contributed by atoms with van der Waals surface area (Å²) >= 11 is 0. The highest BCUT2D eigenvalue weighted by Crippen LogP contribution is 2.29. The van der Waals surface area contributed by atoms with Gasteiger partial charge >= 0.3 is 0 Å². The molecule has 0 N–H and O–H groups in total. The van der Waals surface area contributed by atoms with Crippen molar-refractivity contribution in [3.8, 4) is 11.6 Å². The lowest BCUT2D eigenvalue weighted by atomic mass is 10.1. The van der Waals surface area contributed by atoms with Crippen LogP contribution in [-0.2, 0) is 6.42 Å². The normalized spacial score (nSPS) is 24.9. The van der Waals surface area contributed by atoms with Gasteiger partial charge in [-0.1, -0.05) is 6.92 Å². The van der Waals surface area contributed by atoms with Gasteiger partial charge in [-0.25, -0.2) is 0 Å². The van der Waals surface area contributed by atoms with E-state index in [1.807, 2.05) is 6.92 Å². The zero-order valence-corrected chi connectivity index (χ0v) is 14.2. The Morgan fingerprint density at radius 1 is 1.13 bits per heavy atom. The van der Waals surface area contributed by atoms with Crippen molar-refractivity contribution in [1.29, 1.82) is 0 Å². The first-order valence-electron chi connectivity index (χ1n) is 8.44. The van der Waals surface area contributed by atoms with Crippen LogP contribution in [-0.4, -0.2) is 67.3 Å². The molecule has 1 aromatic rings. The maximum absolute atomic E-state index is 14.0. The standard InChI is InChI=1S/C17H26FN3O2/c1-4-12-9-15(22-10-13-5-7-20(13)2)17(19-16(12)18)23-11-14-6-8-21(14)3/h9,13-14H,4-8,10-11H2,1-3H3/t13-,14-/m1/s1. The minimum atomic E-state index is -0.461. The molecule has 6 heteroatoms. The van der Waals surface area contributed by atoms with Gasteiger partial charge in [-0.05, 0) is 52.5 Å². The molecule has 0 bridgehead atoms. The average Bonchev–Trinajstić information content (AvgIpc) is 2.53. The van der Waals surface area contributed by atoms with E-state index in [4.69, 9.17) is 9.47 Å². The molecule has 2 aliphatic heterocycles. The van der Waals surface area contributed by atoms with Crippen LogP contribution in [0.3, 0.4) is 0 Å². The van der Waals surface area contributed by atoms with Crippen molar-refractivity contribution in [3.63, 3.8) is 0 Å². The largest absolute Gasteiger partial charge is 0.486 e. The third-order valence-electron chi connectivity index (χ3n) is 5.08. The predicted octanol–water partition coefficient (Wildman–Crippen LogP) is 1.95. The van der Waals surface area contributed by atoms with Gasteiger partial charge in [-0.2, -0.15) is 9.37 Å². The van der Waals surface area contributed by atoms with Gasteiger partial charge in [0.05, 0.1) is 0 Å². The number of ether oxygens (including phenoxy) is 2. The Hall–Kier alpha value is -1.40. The van der Waals surface area contributed by atoms with Crippen LogP contribution < -0.4 is 9.47 Å². The van der Waals surface area contributed by atoms with Crippen LogP contribution in [0.25, 0.3) is 0 Å². The van der Waals surface area contributed by atoms with E-state index in [-0.39, 0.29) is 5.88 Å². The molecule has 0 aliphatic carbocycles. The summed E-state index contributed by atoms with van der Waals surface area (Å²) < 4.78 is 25.7. The number of aryl methyl sites for hydroxylation is 1. The van der Waals surface area contributed by atoms with Crippen molar-refractivity contribution in [2.75, 3.05) is 40.4 Å². The van der Waals surface area contributed by atoms with E-state index in [1.165, 1.54) is 0 Å². The Morgan fingerprint density at radius 3 is 2.22 bits per heavy atom. The Labute approximate surface area is 137 Å². The zero-order valence-electron chi connectivity index (χ0n) is 14.2. The summed E-state index contributed by atoms with van der Waals surface area (Å²) in [5.74, 6) is 0.380. The van der Waals surface area contributed by atoms with Crippen LogP contribution in [0.2, 0.25) is 0 Å². The molecule has 2 fully saturated rings. The molecule has 0 radical (unpaired) electrons. The van der Waals surface area contributed by atoms with E-state index in [9.17, 15) is 4.39 Å². The average molecular weight is 323 g/mol. The summed E-state index contributed by atoms with van der Waals surface area (Å²) in [5, 5.41) is 0. The Kier molecular flexibility index (Phi) is 5.02. The molecule has 0 saturated carbocycles. The van der Waals surface area contributed by atoms with Crippen LogP contribution in [0.1, 0.15) is 25.3 Å². The van der Waals surface area contributed by atoms with Gasteiger partial charge in [0.2, 0.25) is 5.95 Å². The maximum atomic E-state index is 14.0.